The monoisotopic (exact) mass is 470 g/mol. The summed E-state index contributed by atoms with van der Waals surface area (Å²) in [7, 11) is 0. The van der Waals surface area contributed by atoms with Gasteiger partial charge in [0.05, 0.1) is 6.10 Å². The molecule has 3 nitrogen and oxygen atoms in total. The summed E-state index contributed by atoms with van der Waals surface area (Å²) < 4.78 is 5.52. The van der Waals surface area contributed by atoms with Gasteiger partial charge in [-0.2, -0.15) is 0 Å². The number of carbonyl (C=O) groups is 1. The molecule has 3 fully saturated rings. The molecule has 4 aliphatic carbocycles. The maximum atomic E-state index is 11.5. The Bertz CT molecular complexity index is 811. The number of esters is 1. The average molecular weight is 471 g/mol. The fourth-order valence-electron chi connectivity index (χ4n) is 9.24. The molecule has 0 amide bonds. The molecule has 3 saturated carbocycles. The largest absolute Gasteiger partial charge is 0.458 e. The molecule has 10 atom stereocenters. The molecule has 0 aromatic rings. The van der Waals surface area contributed by atoms with Crippen LogP contribution in [0, 0.1) is 52.3 Å². The van der Waals surface area contributed by atoms with Crippen LogP contribution in [0.25, 0.3) is 0 Å². The lowest BCUT2D eigenvalue weighted by atomic mass is 9.46. The maximum Gasteiger partial charge on any atom is 0.303 e. The van der Waals surface area contributed by atoms with Gasteiger partial charge in [0.25, 0.3) is 0 Å². The Kier molecular flexibility index (Phi) is 7.45. The first-order valence-corrected chi connectivity index (χ1v) is 14.3. The van der Waals surface area contributed by atoms with E-state index in [1.807, 2.05) is 0 Å². The zero-order chi connectivity index (χ0) is 24.8. The second kappa shape index (κ2) is 9.75. The lowest BCUT2D eigenvalue weighted by molar-refractivity contribution is -0.146. The predicted octanol–water partition coefficient (Wildman–Crippen LogP) is 7.34. The molecule has 192 valence electrons. The Morgan fingerprint density at radius 1 is 1.12 bits per heavy atom. The van der Waals surface area contributed by atoms with Crippen LogP contribution >= 0.6 is 0 Å². The van der Waals surface area contributed by atoms with E-state index in [0.29, 0.717) is 35.0 Å². The third-order valence-electron chi connectivity index (χ3n) is 11.1. The van der Waals surface area contributed by atoms with Crippen LogP contribution in [0.4, 0.5) is 0 Å². The molecule has 4 aliphatic rings. The molecular weight excluding hydrogens is 420 g/mol. The van der Waals surface area contributed by atoms with E-state index in [0.717, 1.165) is 31.1 Å². The highest BCUT2D eigenvalue weighted by atomic mass is 16.5. The summed E-state index contributed by atoms with van der Waals surface area (Å²) in [4.78, 5) is 11.5. The van der Waals surface area contributed by atoms with Gasteiger partial charge in [-0.1, -0.05) is 53.7 Å². The Morgan fingerprint density at radius 2 is 1.85 bits per heavy atom. The minimum atomic E-state index is -0.389. The van der Waals surface area contributed by atoms with Crippen molar-refractivity contribution < 1.29 is 14.6 Å². The van der Waals surface area contributed by atoms with E-state index < -0.39 is 0 Å². The number of ether oxygens (including phenoxy) is 1. The van der Waals surface area contributed by atoms with E-state index in [-0.39, 0.29) is 23.6 Å². The van der Waals surface area contributed by atoms with Crippen LogP contribution in [0.3, 0.4) is 0 Å². The summed E-state index contributed by atoms with van der Waals surface area (Å²) in [5, 5.41) is 11.3. The number of allylic oxidation sites excluding steroid dienone is 2. The number of carbonyl (C=O) groups excluding carboxylic acids is 1. The van der Waals surface area contributed by atoms with Gasteiger partial charge in [-0.25, -0.2) is 0 Å². The molecule has 4 rings (SSSR count). The fourth-order valence-corrected chi connectivity index (χ4v) is 9.24. The zero-order valence-electron chi connectivity index (χ0n) is 22.8. The van der Waals surface area contributed by atoms with Crippen molar-refractivity contribution in [2.45, 2.75) is 112 Å². The topological polar surface area (TPSA) is 46.5 Å². The summed E-state index contributed by atoms with van der Waals surface area (Å²) in [5.41, 5.74) is 1.60. The molecular formula is C31H50O3. The van der Waals surface area contributed by atoms with Crippen molar-refractivity contribution in [1.29, 1.82) is 0 Å². The van der Waals surface area contributed by atoms with Gasteiger partial charge in [0.15, 0.2) is 0 Å². The first-order valence-electron chi connectivity index (χ1n) is 14.3. The van der Waals surface area contributed by atoms with Gasteiger partial charge in [-0.3, -0.25) is 4.79 Å². The molecule has 3 heteroatoms. The lowest BCUT2D eigenvalue weighted by Gasteiger charge is -2.60. The molecule has 0 radical (unpaired) electrons. The van der Waals surface area contributed by atoms with Crippen molar-refractivity contribution in [3.05, 3.63) is 23.8 Å². The SMILES string of the molecule is CC[C@H](C=C[C@@H](C)[C@H]1CC[C@H]2[C@@H]3C[C@@H](O)C4=C[C@@H](OC(C)=O)CC[C@]4(C)[C@H]3CC[C@]12C)C(C)C. The highest BCUT2D eigenvalue weighted by Crippen LogP contribution is 2.67. The number of fused-ring (bicyclic) bond motifs is 5. The number of hydrogen-bond acceptors (Lipinski definition) is 3. The van der Waals surface area contributed by atoms with Gasteiger partial charge in [0, 0.05) is 6.92 Å². The lowest BCUT2D eigenvalue weighted by Crippen LogP contribution is -2.54. The molecule has 0 aliphatic heterocycles. The summed E-state index contributed by atoms with van der Waals surface area (Å²) in [6.07, 6.45) is 15.9. The summed E-state index contributed by atoms with van der Waals surface area (Å²) in [6, 6.07) is 0. The number of aliphatic hydroxyl groups excluding tert-OH is 1. The van der Waals surface area contributed by atoms with Crippen LogP contribution in [0.15, 0.2) is 23.8 Å². The summed E-state index contributed by atoms with van der Waals surface area (Å²) >= 11 is 0. The summed E-state index contributed by atoms with van der Waals surface area (Å²) in [5.74, 6) is 4.52. The number of aliphatic hydroxyl groups is 1. The van der Waals surface area contributed by atoms with E-state index in [4.69, 9.17) is 4.74 Å². The van der Waals surface area contributed by atoms with Crippen LogP contribution in [0.5, 0.6) is 0 Å². The molecule has 34 heavy (non-hydrogen) atoms. The normalized spacial score (nSPS) is 43.6. The first kappa shape index (κ1) is 26.0. The van der Waals surface area contributed by atoms with Gasteiger partial charge in [-0.15, -0.1) is 0 Å². The van der Waals surface area contributed by atoms with Crippen molar-refractivity contribution in [1.82, 2.24) is 0 Å². The molecule has 0 heterocycles. The highest BCUT2D eigenvalue weighted by molar-refractivity contribution is 5.66. The predicted molar refractivity (Wildman–Crippen MR) is 139 cm³/mol. The van der Waals surface area contributed by atoms with Crippen LogP contribution < -0.4 is 0 Å². The van der Waals surface area contributed by atoms with Gasteiger partial charge in [0.1, 0.15) is 6.10 Å². The zero-order valence-corrected chi connectivity index (χ0v) is 22.8. The van der Waals surface area contributed by atoms with Crippen LogP contribution in [0.2, 0.25) is 0 Å². The molecule has 0 spiro atoms. The minimum Gasteiger partial charge on any atom is -0.458 e. The average Bonchev–Trinajstić information content (AvgIpc) is 3.12. The van der Waals surface area contributed by atoms with Crippen molar-refractivity contribution in [3.8, 4) is 0 Å². The molecule has 1 N–H and O–H groups in total. The van der Waals surface area contributed by atoms with E-state index >= 15 is 0 Å². The summed E-state index contributed by atoms with van der Waals surface area (Å²) in [6.45, 7) is 15.9. The van der Waals surface area contributed by atoms with Crippen LogP contribution in [0.1, 0.15) is 99.8 Å². The minimum absolute atomic E-state index is 0.0511. The smallest absolute Gasteiger partial charge is 0.303 e. The maximum absolute atomic E-state index is 11.5. The second-order valence-electron chi connectivity index (χ2n) is 13.1. The Labute approximate surface area is 208 Å². The number of hydrogen-bond donors (Lipinski definition) is 1. The van der Waals surface area contributed by atoms with Gasteiger partial charge < -0.3 is 9.84 Å². The Morgan fingerprint density at radius 3 is 2.50 bits per heavy atom. The third kappa shape index (κ3) is 4.44. The van der Waals surface area contributed by atoms with Crippen molar-refractivity contribution in [2.75, 3.05) is 0 Å². The quantitative estimate of drug-likeness (QED) is 0.326. The molecule has 0 aromatic heterocycles. The van der Waals surface area contributed by atoms with Gasteiger partial charge >= 0.3 is 5.97 Å². The molecule has 0 unspecified atom stereocenters. The first-order chi connectivity index (χ1) is 16.0. The second-order valence-corrected chi connectivity index (χ2v) is 13.1. The van der Waals surface area contributed by atoms with Crippen LogP contribution in [-0.4, -0.2) is 23.3 Å². The van der Waals surface area contributed by atoms with E-state index in [1.165, 1.54) is 44.6 Å². The Hall–Kier alpha value is -1.09. The fraction of sp³-hybridized carbons (Fsp3) is 0.839. The van der Waals surface area contributed by atoms with E-state index in [9.17, 15) is 9.90 Å². The van der Waals surface area contributed by atoms with Crippen molar-refractivity contribution in [2.24, 2.45) is 52.3 Å². The highest BCUT2D eigenvalue weighted by Gasteiger charge is 2.60. The standard InChI is InChI=1S/C31H50O3/c1-8-22(19(2)3)10-9-20(4)25-11-12-26-24-18-29(33)28-17-23(34-21(5)32)13-15-31(28,7)27(24)14-16-30(25,26)6/h9-10,17,19-20,22-27,29,33H,8,11-16,18H2,1-7H3/t20-,22-,23+,24+,25-,26+,27+,29-,30-,31-/m1/s1. The third-order valence-corrected chi connectivity index (χ3v) is 11.1. The van der Waals surface area contributed by atoms with E-state index in [1.54, 1.807) is 0 Å². The van der Waals surface area contributed by atoms with Crippen molar-refractivity contribution >= 4 is 5.97 Å². The molecule has 0 aromatic carbocycles. The number of rotatable bonds is 6. The van der Waals surface area contributed by atoms with Gasteiger partial charge in [0.2, 0.25) is 0 Å². The van der Waals surface area contributed by atoms with Gasteiger partial charge in [-0.05, 0) is 115 Å². The molecule has 0 bridgehead atoms. The molecule has 0 saturated heterocycles. The van der Waals surface area contributed by atoms with E-state index in [2.05, 4.69) is 59.8 Å². The van der Waals surface area contributed by atoms with Crippen LogP contribution in [-0.2, 0) is 9.53 Å². The Balaban J connectivity index is 1.53. The van der Waals surface area contributed by atoms with Crippen molar-refractivity contribution in [3.63, 3.8) is 0 Å².